The molecule has 0 spiro atoms. The molecular weight excluding hydrogens is 402 g/mol. The van der Waals surface area contributed by atoms with E-state index in [4.69, 9.17) is 5.11 Å². The van der Waals surface area contributed by atoms with Gasteiger partial charge in [-0.25, -0.2) is 4.79 Å². The first kappa shape index (κ1) is 26.7. The summed E-state index contributed by atoms with van der Waals surface area (Å²) in [4.78, 5) is 23.0. The Hall–Kier alpha value is -3.34. The number of carbonyl (C=O) groups excluding carboxylic acids is 1. The van der Waals surface area contributed by atoms with Crippen LogP contribution in [0.15, 0.2) is 79.0 Å². The minimum Gasteiger partial charge on any atom is -0.507 e. The second-order valence-electron chi connectivity index (χ2n) is 7.19. The average Bonchev–Trinajstić information content (AvgIpc) is 2.77. The van der Waals surface area contributed by atoms with E-state index in [0.717, 1.165) is 38.5 Å². The van der Waals surface area contributed by atoms with Crippen LogP contribution in [-0.4, -0.2) is 22.1 Å². The van der Waals surface area contributed by atoms with Crippen LogP contribution in [0, 0.1) is 0 Å². The summed E-state index contributed by atoms with van der Waals surface area (Å²) in [6.07, 6.45) is 28.2. The van der Waals surface area contributed by atoms with Crippen molar-refractivity contribution in [3.05, 3.63) is 84.5 Å². The van der Waals surface area contributed by atoms with Crippen molar-refractivity contribution >= 4 is 17.6 Å². The molecule has 0 saturated carbocycles. The summed E-state index contributed by atoms with van der Waals surface area (Å²) >= 11 is 0. The van der Waals surface area contributed by atoms with Gasteiger partial charge in [0.05, 0.1) is 0 Å². The molecule has 3 N–H and O–H groups in total. The number of nitrogens with one attached hydrogen (secondary N) is 1. The molecule has 0 aliphatic carbocycles. The highest BCUT2D eigenvalue weighted by Crippen LogP contribution is 2.21. The van der Waals surface area contributed by atoms with Gasteiger partial charge in [-0.3, -0.25) is 4.79 Å². The number of amides is 1. The zero-order valence-corrected chi connectivity index (χ0v) is 18.9. The molecule has 0 bridgehead atoms. The number of unbranched alkanes of at least 4 members (excludes halogenated alkanes) is 1. The number of anilines is 1. The molecule has 0 heterocycles. The summed E-state index contributed by atoms with van der Waals surface area (Å²) in [6, 6.07) is 3.99. The van der Waals surface area contributed by atoms with E-state index < -0.39 is 5.97 Å². The maximum atomic E-state index is 12.0. The number of hydrogen-bond donors (Lipinski definition) is 3. The molecule has 172 valence electrons. The summed E-state index contributed by atoms with van der Waals surface area (Å²) in [5.74, 6) is -1.75. The van der Waals surface area contributed by atoms with Crippen molar-refractivity contribution in [3.63, 3.8) is 0 Å². The molecule has 1 amide bonds. The van der Waals surface area contributed by atoms with Gasteiger partial charge < -0.3 is 15.5 Å². The summed E-state index contributed by atoms with van der Waals surface area (Å²) in [5, 5.41) is 21.1. The van der Waals surface area contributed by atoms with Gasteiger partial charge in [-0.15, -0.1) is 0 Å². The lowest BCUT2D eigenvalue weighted by Crippen LogP contribution is -2.11. The molecule has 1 rings (SSSR count). The lowest BCUT2D eigenvalue weighted by Gasteiger charge is -2.06. The number of allylic oxidation sites excluding steroid dienone is 10. The highest BCUT2D eigenvalue weighted by Gasteiger charge is 2.11. The zero-order chi connectivity index (χ0) is 23.4. The molecule has 0 fully saturated rings. The third-order valence-corrected chi connectivity index (χ3v) is 4.44. The average molecular weight is 438 g/mol. The van der Waals surface area contributed by atoms with Crippen molar-refractivity contribution < 1.29 is 19.8 Å². The van der Waals surface area contributed by atoms with Gasteiger partial charge in [-0.1, -0.05) is 67.7 Å². The van der Waals surface area contributed by atoms with Crippen molar-refractivity contribution in [1.29, 1.82) is 0 Å². The van der Waals surface area contributed by atoms with E-state index in [-0.39, 0.29) is 17.2 Å². The highest BCUT2D eigenvalue weighted by atomic mass is 16.4. The molecule has 1 aromatic carbocycles. The van der Waals surface area contributed by atoms with Crippen molar-refractivity contribution in [2.75, 3.05) is 5.32 Å². The number of carboxylic acids is 1. The Morgan fingerprint density at radius 2 is 1.38 bits per heavy atom. The van der Waals surface area contributed by atoms with Crippen LogP contribution in [-0.2, 0) is 4.79 Å². The van der Waals surface area contributed by atoms with Gasteiger partial charge in [0.25, 0.3) is 0 Å². The van der Waals surface area contributed by atoms with Gasteiger partial charge in [0.2, 0.25) is 5.91 Å². The van der Waals surface area contributed by atoms with Gasteiger partial charge >= 0.3 is 5.97 Å². The lowest BCUT2D eigenvalue weighted by molar-refractivity contribution is -0.116. The van der Waals surface area contributed by atoms with Crippen LogP contribution in [0.4, 0.5) is 5.69 Å². The maximum absolute atomic E-state index is 12.0. The number of carbonyl (C=O) groups is 2. The summed E-state index contributed by atoms with van der Waals surface area (Å²) in [6.45, 7) is 2.14. The second-order valence-corrected chi connectivity index (χ2v) is 7.19. The predicted molar refractivity (Wildman–Crippen MR) is 132 cm³/mol. The van der Waals surface area contributed by atoms with Crippen LogP contribution >= 0.6 is 0 Å². The smallest absolute Gasteiger partial charge is 0.339 e. The van der Waals surface area contributed by atoms with E-state index in [1.165, 1.54) is 18.2 Å². The predicted octanol–water partition coefficient (Wildman–Crippen LogP) is 6.95. The first-order valence-electron chi connectivity index (χ1n) is 11.2. The first-order valence-corrected chi connectivity index (χ1v) is 11.2. The minimum absolute atomic E-state index is 0.181. The minimum atomic E-state index is -1.24. The zero-order valence-electron chi connectivity index (χ0n) is 18.9. The molecule has 0 saturated heterocycles. The Kier molecular flexibility index (Phi) is 14.5. The van der Waals surface area contributed by atoms with Gasteiger partial charge in [0.15, 0.2) is 0 Å². The number of carboxylic acid groups (broad SMARTS) is 1. The number of hydrogen-bond acceptors (Lipinski definition) is 3. The van der Waals surface area contributed by atoms with Gasteiger partial charge in [-0.05, 0) is 63.1 Å². The van der Waals surface area contributed by atoms with E-state index in [2.05, 4.69) is 73.0 Å². The van der Waals surface area contributed by atoms with Crippen LogP contribution in [0.2, 0.25) is 0 Å². The summed E-state index contributed by atoms with van der Waals surface area (Å²) in [5.41, 5.74) is 0.127. The van der Waals surface area contributed by atoms with E-state index in [0.29, 0.717) is 18.5 Å². The summed E-state index contributed by atoms with van der Waals surface area (Å²) in [7, 11) is 0. The Morgan fingerprint density at radius 1 is 0.844 bits per heavy atom. The van der Waals surface area contributed by atoms with Crippen molar-refractivity contribution in [1.82, 2.24) is 0 Å². The third-order valence-electron chi connectivity index (χ3n) is 4.44. The van der Waals surface area contributed by atoms with Crippen molar-refractivity contribution in [3.8, 4) is 5.75 Å². The molecule has 5 heteroatoms. The molecule has 0 aliphatic rings. The number of aromatic hydroxyl groups is 1. The number of rotatable bonds is 15. The monoisotopic (exact) mass is 437 g/mol. The van der Waals surface area contributed by atoms with Gasteiger partial charge in [-0.2, -0.15) is 0 Å². The lowest BCUT2D eigenvalue weighted by atomic mass is 10.1. The molecular formula is C27H35NO4. The highest BCUT2D eigenvalue weighted by molar-refractivity contribution is 5.95. The van der Waals surface area contributed by atoms with Crippen molar-refractivity contribution in [2.24, 2.45) is 0 Å². The molecule has 0 atom stereocenters. The van der Waals surface area contributed by atoms with E-state index in [1.54, 1.807) is 0 Å². The molecule has 1 aromatic rings. The first-order chi connectivity index (χ1) is 15.5. The normalized spacial score (nSPS) is 12.2. The quantitative estimate of drug-likeness (QED) is 0.157. The van der Waals surface area contributed by atoms with E-state index in [1.807, 2.05) is 0 Å². The SMILES string of the molecule is CC/C=C\C/C=C\C/C=C\C/C=C\C/C=C\CCCC(=O)Nc1ccc(O)c(C(=O)O)c1. The number of benzene rings is 1. The van der Waals surface area contributed by atoms with E-state index in [9.17, 15) is 14.7 Å². The van der Waals surface area contributed by atoms with Crippen LogP contribution < -0.4 is 5.32 Å². The Bertz CT molecular complexity index is 847. The number of aromatic carboxylic acids is 1. The fourth-order valence-corrected chi connectivity index (χ4v) is 2.76. The summed E-state index contributed by atoms with van der Waals surface area (Å²) < 4.78 is 0. The largest absolute Gasteiger partial charge is 0.507 e. The molecule has 0 radical (unpaired) electrons. The van der Waals surface area contributed by atoms with Crippen LogP contribution in [0.25, 0.3) is 0 Å². The molecule has 32 heavy (non-hydrogen) atoms. The number of phenols is 1. The topological polar surface area (TPSA) is 86.6 Å². The Labute approximate surface area is 191 Å². The fraction of sp³-hybridized carbons (Fsp3) is 0.333. The third kappa shape index (κ3) is 13.1. The van der Waals surface area contributed by atoms with Gasteiger partial charge in [0, 0.05) is 12.1 Å². The Balaban J connectivity index is 2.12. The molecule has 5 nitrogen and oxygen atoms in total. The molecule has 0 aliphatic heterocycles. The van der Waals surface area contributed by atoms with Gasteiger partial charge in [0.1, 0.15) is 11.3 Å². The van der Waals surface area contributed by atoms with Crippen LogP contribution in [0.5, 0.6) is 5.75 Å². The fourth-order valence-electron chi connectivity index (χ4n) is 2.76. The second kappa shape index (κ2) is 17.4. The van der Waals surface area contributed by atoms with Crippen molar-refractivity contribution in [2.45, 2.75) is 58.3 Å². The van der Waals surface area contributed by atoms with Crippen LogP contribution in [0.3, 0.4) is 0 Å². The maximum Gasteiger partial charge on any atom is 0.339 e. The van der Waals surface area contributed by atoms with Crippen LogP contribution in [0.1, 0.15) is 68.6 Å². The Morgan fingerprint density at radius 3 is 1.91 bits per heavy atom. The standard InChI is InChI=1S/C27H35NO4/c1-2-3-4-5-6-7-8-9-10-11-12-13-14-15-16-17-18-19-26(30)28-23-20-21-25(29)24(22-23)27(31)32/h3-4,6-7,9-10,12-13,15-16,20-22,29H,2,5,8,11,14,17-19H2,1H3,(H,28,30)(H,31,32)/b4-3-,7-6-,10-9-,13-12-,16-15-. The van der Waals surface area contributed by atoms with E-state index >= 15 is 0 Å². The molecule has 0 aromatic heterocycles. The molecule has 0 unspecified atom stereocenters.